The van der Waals surface area contributed by atoms with Crippen LogP contribution >= 0.6 is 27.7 Å². The summed E-state index contributed by atoms with van der Waals surface area (Å²) in [6.07, 6.45) is -0.572. The van der Waals surface area contributed by atoms with Crippen LogP contribution in [0.2, 0.25) is 0 Å². The first-order valence-corrected chi connectivity index (χ1v) is 12.9. The lowest BCUT2D eigenvalue weighted by atomic mass is 10.2. The van der Waals surface area contributed by atoms with E-state index in [9.17, 15) is 18.0 Å². The number of amides is 2. The first-order chi connectivity index (χ1) is 13.9. The first kappa shape index (κ1) is 23.1. The van der Waals surface area contributed by atoms with Gasteiger partial charge in [0.15, 0.2) is 15.0 Å². The van der Waals surface area contributed by atoms with E-state index in [2.05, 4.69) is 26.2 Å². The van der Waals surface area contributed by atoms with Crippen LogP contribution in [0.1, 0.15) is 27.2 Å². The number of thioether (sulfide) groups is 1. The Morgan fingerprint density at radius 3 is 2.73 bits per heavy atom. The highest BCUT2D eigenvalue weighted by atomic mass is 79.9. The van der Waals surface area contributed by atoms with Crippen molar-refractivity contribution in [3.05, 3.63) is 28.7 Å². The molecule has 3 rings (SSSR count). The molecule has 2 aliphatic heterocycles. The molecule has 2 atom stereocenters. The zero-order valence-corrected chi connectivity index (χ0v) is 20.1. The van der Waals surface area contributed by atoms with Gasteiger partial charge in [-0.1, -0.05) is 33.8 Å². The quantitative estimate of drug-likeness (QED) is 0.654. The molecule has 8 nitrogen and oxygen atoms in total. The molecule has 0 unspecified atom stereocenters. The van der Waals surface area contributed by atoms with Gasteiger partial charge in [0.2, 0.25) is 5.91 Å². The van der Waals surface area contributed by atoms with E-state index in [1.54, 1.807) is 20.8 Å². The van der Waals surface area contributed by atoms with Gasteiger partial charge in [-0.25, -0.2) is 13.2 Å². The molecule has 0 aromatic heterocycles. The lowest BCUT2D eigenvalue weighted by molar-refractivity contribution is -0.117. The Labute approximate surface area is 188 Å². The van der Waals surface area contributed by atoms with Gasteiger partial charge in [0.1, 0.15) is 5.60 Å². The van der Waals surface area contributed by atoms with Gasteiger partial charge in [-0.05, 0) is 39.0 Å². The summed E-state index contributed by atoms with van der Waals surface area (Å²) in [5.41, 5.74) is 0.164. The van der Waals surface area contributed by atoms with E-state index in [1.165, 1.54) is 11.8 Å². The van der Waals surface area contributed by atoms with E-state index in [0.29, 0.717) is 5.17 Å². The molecule has 2 amide bonds. The molecular weight excluding hydrogens is 494 g/mol. The summed E-state index contributed by atoms with van der Waals surface area (Å²) in [7, 11) is -3.12. The summed E-state index contributed by atoms with van der Waals surface area (Å²) >= 11 is 4.75. The Morgan fingerprint density at radius 2 is 2.07 bits per heavy atom. The number of aliphatic imine (C=N–C) groups is 1. The number of hydrogen-bond donors (Lipinski definition) is 1. The maximum absolute atomic E-state index is 12.4. The maximum Gasteiger partial charge on any atom is 0.407 e. The normalized spacial score (nSPS) is 24.0. The molecule has 2 fully saturated rings. The van der Waals surface area contributed by atoms with Crippen LogP contribution in [0.5, 0.6) is 0 Å². The number of rotatable bonds is 4. The summed E-state index contributed by atoms with van der Waals surface area (Å²) < 4.78 is 30.2. The minimum Gasteiger partial charge on any atom is -0.444 e. The van der Waals surface area contributed by atoms with Crippen LogP contribution in [-0.2, 0) is 19.4 Å². The number of sulfone groups is 1. The topological polar surface area (TPSA) is 105 Å². The number of anilines is 1. The Bertz CT molecular complexity index is 975. The van der Waals surface area contributed by atoms with Gasteiger partial charge >= 0.3 is 6.09 Å². The van der Waals surface area contributed by atoms with Crippen molar-refractivity contribution in [1.29, 1.82) is 0 Å². The zero-order chi connectivity index (χ0) is 22.1. The average molecular weight is 518 g/mol. The minimum atomic E-state index is -3.12. The fourth-order valence-corrected chi connectivity index (χ4v) is 7.56. The number of alkyl carbamates (subject to hydrolysis) is 1. The number of nitrogens with zero attached hydrogens (tertiary/aromatic N) is 2. The summed E-state index contributed by atoms with van der Waals surface area (Å²) in [4.78, 5) is 30.2. The molecule has 11 heteroatoms. The van der Waals surface area contributed by atoms with Gasteiger partial charge in [-0.15, -0.1) is 0 Å². The number of carbonyl (C=O) groups is 2. The molecule has 1 aromatic carbocycles. The summed E-state index contributed by atoms with van der Waals surface area (Å²) in [6.45, 7) is 5.38. The Morgan fingerprint density at radius 1 is 1.33 bits per heavy atom. The number of nitrogens with one attached hydrogen (secondary N) is 1. The van der Waals surface area contributed by atoms with Crippen molar-refractivity contribution in [1.82, 2.24) is 5.32 Å². The van der Waals surface area contributed by atoms with E-state index in [-0.39, 0.29) is 35.8 Å². The van der Waals surface area contributed by atoms with Crippen LogP contribution in [0.4, 0.5) is 10.5 Å². The van der Waals surface area contributed by atoms with Gasteiger partial charge in [-0.3, -0.25) is 4.79 Å². The number of ether oxygens (including phenoxy) is 1. The zero-order valence-electron chi connectivity index (χ0n) is 16.9. The van der Waals surface area contributed by atoms with Gasteiger partial charge < -0.3 is 15.0 Å². The highest BCUT2D eigenvalue weighted by Crippen LogP contribution is 2.41. The van der Waals surface area contributed by atoms with Crippen molar-refractivity contribution >= 4 is 60.4 Å². The second-order valence-corrected chi connectivity index (χ2v) is 12.4. The van der Waals surface area contributed by atoms with Crippen LogP contribution < -0.4 is 10.2 Å². The summed E-state index contributed by atoms with van der Waals surface area (Å²) in [5.74, 6) is -0.290. The maximum atomic E-state index is 12.4. The molecule has 0 saturated carbocycles. The molecule has 1 N–H and O–H groups in total. The number of halogens is 1. The van der Waals surface area contributed by atoms with Crippen molar-refractivity contribution in [3.63, 3.8) is 0 Å². The van der Waals surface area contributed by atoms with Crippen LogP contribution in [0.3, 0.4) is 0 Å². The van der Waals surface area contributed by atoms with Crippen molar-refractivity contribution < 1.29 is 22.7 Å². The van der Waals surface area contributed by atoms with Crippen LogP contribution in [0.25, 0.3) is 0 Å². The molecule has 2 heterocycles. The summed E-state index contributed by atoms with van der Waals surface area (Å²) in [5, 5.41) is 2.86. The van der Waals surface area contributed by atoms with Crippen molar-refractivity contribution in [3.8, 4) is 0 Å². The van der Waals surface area contributed by atoms with E-state index >= 15 is 0 Å². The summed E-state index contributed by atoms with van der Waals surface area (Å²) in [6, 6.07) is 7.20. The Hall–Kier alpha value is -1.59. The van der Waals surface area contributed by atoms with Crippen LogP contribution in [0, 0.1) is 0 Å². The van der Waals surface area contributed by atoms with Crippen LogP contribution in [-0.4, -0.2) is 60.5 Å². The third kappa shape index (κ3) is 5.98. The van der Waals surface area contributed by atoms with E-state index < -0.39 is 27.4 Å². The Kier molecular flexibility index (Phi) is 6.83. The SMILES string of the molecule is CC(C)(C)OC(=O)NCCC(=O)N=C1S[C@@H]2CS(=O)(=O)C[C@@H]2N1c1cccc(Br)c1. The highest BCUT2D eigenvalue weighted by Gasteiger charge is 2.49. The molecule has 2 saturated heterocycles. The lowest BCUT2D eigenvalue weighted by Gasteiger charge is -2.24. The standard InChI is InChI=1S/C19H24BrN3O5S2/c1-19(2,3)28-18(25)21-8-7-16(24)22-17-23(13-6-4-5-12(20)9-13)14-10-30(26,27)11-15(14)29-17/h4-6,9,14-15H,7-8,10-11H2,1-3H3,(H,21,25)/t14-,15+/m0/s1. The molecule has 30 heavy (non-hydrogen) atoms. The van der Waals surface area contributed by atoms with E-state index in [1.807, 2.05) is 29.2 Å². The predicted octanol–water partition coefficient (Wildman–Crippen LogP) is 2.97. The van der Waals surface area contributed by atoms with E-state index in [4.69, 9.17) is 4.74 Å². The monoisotopic (exact) mass is 517 g/mol. The van der Waals surface area contributed by atoms with Crippen molar-refractivity contribution in [2.75, 3.05) is 23.0 Å². The van der Waals surface area contributed by atoms with Gasteiger partial charge in [0.05, 0.1) is 17.5 Å². The highest BCUT2D eigenvalue weighted by molar-refractivity contribution is 9.10. The fourth-order valence-electron chi connectivity index (χ4n) is 3.24. The molecular formula is C19H24BrN3O5S2. The smallest absolute Gasteiger partial charge is 0.407 e. The number of benzene rings is 1. The third-order valence-corrected chi connectivity index (χ3v) is 8.08. The molecule has 1 aromatic rings. The second-order valence-electron chi connectivity index (χ2n) is 8.12. The first-order valence-electron chi connectivity index (χ1n) is 9.44. The van der Waals surface area contributed by atoms with E-state index in [0.717, 1.165) is 10.2 Å². The number of fused-ring (bicyclic) bond motifs is 1. The van der Waals surface area contributed by atoms with Crippen molar-refractivity contribution in [2.45, 2.75) is 44.1 Å². The molecule has 2 aliphatic rings. The van der Waals surface area contributed by atoms with Gasteiger partial charge in [-0.2, -0.15) is 4.99 Å². The number of carbonyl (C=O) groups excluding carboxylic acids is 2. The van der Waals surface area contributed by atoms with Gasteiger partial charge in [0, 0.05) is 28.4 Å². The van der Waals surface area contributed by atoms with Gasteiger partial charge in [0.25, 0.3) is 0 Å². The predicted molar refractivity (Wildman–Crippen MR) is 122 cm³/mol. The third-order valence-electron chi connectivity index (χ3n) is 4.38. The van der Waals surface area contributed by atoms with Crippen molar-refractivity contribution in [2.24, 2.45) is 4.99 Å². The molecule has 0 spiro atoms. The molecule has 0 bridgehead atoms. The molecule has 0 aliphatic carbocycles. The lowest BCUT2D eigenvalue weighted by Crippen LogP contribution is -2.37. The molecule has 164 valence electrons. The second kappa shape index (κ2) is 8.88. The average Bonchev–Trinajstić information content (AvgIpc) is 3.03. The minimum absolute atomic E-state index is 0.0171. The van der Waals surface area contributed by atoms with Crippen LogP contribution in [0.15, 0.2) is 33.7 Å². The number of amidine groups is 1. The Balaban J connectivity index is 1.71. The molecule has 0 radical (unpaired) electrons. The largest absolute Gasteiger partial charge is 0.444 e. The fraction of sp³-hybridized carbons (Fsp3) is 0.526. The number of hydrogen-bond acceptors (Lipinski definition) is 6.